The molecule has 0 radical (unpaired) electrons. The molecule has 1 atom stereocenters. The maximum atomic E-state index is 11.4. The largest absolute Gasteiger partial charge is 0.342 e. The average molecular weight is 184 g/mol. The smallest absolute Gasteiger partial charge is 0.222 e. The molecule has 1 rings (SSSR count). The van der Waals surface area contributed by atoms with E-state index in [0.717, 1.165) is 19.5 Å². The van der Waals surface area contributed by atoms with E-state index < -0.39 is 0 Å². The van der Waals surface area contributed by atoms with Crippen LogP contribution in [0.1, 0.15) is 26.7 Å². The van der Waals surface area contributed by atoms with Gasteiger partial charge in [0.05, 0.1) is 0 Å². The molecule has 76 valence electrons. The summed E-state index contributed by atoms with van der Waals surface area (Å²) in [5.74, 6) is 1.36. The SMILES string of the molecule is CC(C)CCN1CC(CN)CC1=O. The summed E-state index contributed by atoms with van der Waals surface area (Å²) in [6.45, 7) is 6.79. The molecule has 2 N–H and O–H groups in total. The van der Waals surface area contributed by atoms with E-state index >= 15 is 0 Å². The fourth-order valence-corrected chi connectivity index (χ4v) is 1.64. The zero-order valence-corrected chi connectivity index (χ0v) is 8.62. The number of carbonyl (C=O) groups is 1. The molecule has 1 unspecified atom stereocenters. The molecule has 1 heterocycles. The topological polar surface area (TPSA) is 46.3 Å². The molecule has 0 spiro atoms. The van der Waals surface area contributed by atoms with Crippen LogP contribution in [0.4, 0.5) is 0 Å². The third-order valence-electron chi connectivity index (χ3n) is 2.60. The molecule has 1 fully saturated rings. The van der Waals surface area contributed by atoms with Crippen molar-refractivity contribution in [3.8, 4) is 0 Å². The zero-order chi connectivity index (χ0) is 9.84. The maximum absolute atomic E-state index is 11.4. The molecule has 0 saturated carbocycles. The van der Waals surface area contributed by atoms with E-state index in [1.807, 2.05) is 4.90 Å². The molecule has 0 bridgehead atoms. The van der Waals surface area contributed by atoms with Crippen molar-refractivity contribution in [3.63, 3.8) is 0 Å². The fraction of sp³-hybridized carbons (Fsp3) is 0.900. The Morgan fingerprint density at radius 3 is 2.77 bits per heavy atom. The lowest BCUT2D eigenvalue weighted by Gasteiger charge is -2.17. The molecule has 1 aliphatic rings. The Balaban J connectivity index is 2.31. The van der Waals surface area contributed by atoms with Gasteiger partial charge in [0.25, 0.3) is 0 Å². The normalized spacial score (nSPS) is 23.2. The standard InChI is InChI=1S/C10H20N2O/c1-8(2)3-4-12-7-9(6-11)5-10(12)13/h8-9H,3-7,11H2,1-2H3. The van der Waals surface area contributed by atoms with Crippen LogP contribution in [-0.2, 0) is 4.79 Å². The highest BCUT2D eigenvalue weighted by Gasteiger charge is 2.27. The molecule has 3 heteroatoms. The number of carbonyl (C=O) groups excluding carboxylic acids is 1. The van der Waals surface area contributed by atoms with Gasteiger partial charge in [-0.25, -0.2) is 0 Å². The van der Waals surface area contributed by atoms with E-state index in [1.54, 1.807) is 0 Å². The Morgan fingerprint density at radius 1 is 1.62 bits per heavy atom. The van der Waals surface area contributed by atoms with E-state index in [0.29, 0.717) is 24.8 Å². The molecule has 1 saturated heterocycles. The predicted octanol–water partition coefficient (Wildman–Crippen LogP) is 0.840. The van der Waals surface area contributed by atoms with E-state index in [2.05, 4.69) is 13.8 Å². The van der Waals surface area contributed by atoms with Gasteiger partial charge in [0, 0.05) is 19.5 Å². The average Bonchev–Trinajstić information content (AvgIpc) is 2.43. The van der Waals surface area contributed by atoms with Crippen molar-refractivity contribution in [1.29, 1.82) is 0 Å². The van der Waals surface area contributed by atoms with Gasteiger partial charge in [-0.05, 0) is 24.8 Å². The first kappa shape index (κ1) is 10.5. The molecule has 0 aromatic rings. The van der Waals surface area contributed by atoms with Crippen LogP contribution in [0.15, 0.2) is 0 Å². The molecule has 0 aromatic carbocycles. The van der Waals surface area contributed by atoms with Crippen LogP contribution in [0.2, 0.25) is 0 Å². The van der Waals surface area contributed by atoms with Gasteiger partial charge >= 0.3 is 0 Å². The molecular weight excluding hydrogens is 164 g/mol. The molecule has 13 heavy (non-hydrogen) atoms. The van der Waals surface area contributed by atoms with E-state index in [4.69, 9.17) is 5.73 Å². The van der Waals surface area contributed by atoms with Gasteiger partial charge < -0.3 is 10.6 Å². The quantitative estimate of drug-likeness (QED) is 0.703. The number of rotatable bonds is 4. The number of hydrogen-bond donors (Lipinski definition) is 1. The predicted molar refractivity (Wildman–Crippen MR) is 53.2 cm³/mol. The van der Waals surface area contributed by atoms with Gasteiger partial charge in [-0.15, -0.1) is 0 Å². The summed E-state index contributed by atoms with van der Waals surface area (Å²) < 4.78 is 0. The van der Waals surface area contributed by atoms with E-state index in [1.165, 1.54) is 0 Å². The van der Waals surface area contributed by atoms with Crippen molar-refractivity contribution >= 4 is 5.91 Å². The first-order valence-electron chi connectivity index (χ1n) is 5.11. The summed E-state index contributed by atoms with van der Waals surface area (Å²) in [4.78, 5) is 13.4. The third-order valence-corrected chi connectivity index (χ3v) is 2.60. The number of amides is 1. The summed E-state index contributed by atoms with van der Waals surface area (Å²) in [6, 6.07) is 0. The van der Waals surface area contributed by atoms with Gasteiger partial charge in [-0.2, -0.15) is 0 Å². The van der Waals surface area contributed by atoms with Crippen molar-refractivity contribution < 1.29 is 4.79 Å². The van der Waals surface area contributed by atoms with Gasteiger partial charge in [-0.3, -0.25) is 4.79 Å². The van der Waals surface area contributed by atoms with Crippen LogP contribution in [0.25, 0.3) is 0 Å². The molecule has 1 aliphatic heterocycles. The molecule has 0 aromatic heterocycles. The highest BCUT2D eigenvalue weighted by molar-refractivity contribution is 5.78. The lowest BCUT2D eigenvalue weighted by Crippen LogP contribution is -2.28. The summed E-state index contributed by atoms with van der Waals surface area (Å²) in [7, 11) is 0. The molecule has 0 aliphatic carbocycles. The Bertz CT molecular complexity index is 180. The molecule has 1 amide bonds. The van der Waals surface area contributed by atoms with Crippen molar-refractivity contribution in [2.75, 3.05) is 19.6 Å². The number of hydrogen-bond acceptors (Lipinski definition) is 2. The minimum absolute atomic E-state index is 0.288. The summed E-state index contributed by atoms with van der Waals surface area (Å²) in [5.41, 5.74) is 5.54. The van der Waals surface area contributed by atoms with Crippen LogP contribution in [0.3, 0.4) is 0 Å². The summed E-state index contributed by atoms with van der Waals surface area (Å²) in [5, 5.41) is 0. The lowest BCUT2D eigenvalue weighted by atomic mass is 10.1. The fourth-order valence-electron chi connectivity index (χ4n) is 1.64. The lowest BCUT2D eigenvalue weighted by molar-refractivity contribution is -0.127. The first-order chi connectivity index (χ1) is 6.13. The Morgan fingerprint density at radius 2 is 2.31 bits per heavy atom. The van der Waals surface area contributed by atoms with Gasteiger partial charge in [0.1, 0.15) is 0 Å². The summed E-state index contributed by atoms with van der Waals surface area (Å²) in [6.07, 6.45) is 1.76. The molecule has 3 nitrogen and oxygen atoms in total. The van der Waals surface area contributed by atoms with Crippen LogP contribution in [0, 0.1) is 11.8 Å². The Labute approximate surface area is 80.3 Å². The maximum Gasteiger partial charge on any atom is 0.222 e. The third kappa shape index (κ3) is 2.99. The second kappa shape index (κ2) is 4.61. The van der Waals surface area contributed by atoms with Gasteiger partial charge in [0.2, 0.25) is 5.91 Å². The van der Waals surface area contributed by atoms with E-state index in [-0.39, 0.29) is 5.91 Å². The van der Waals surface area contributed by atoms with Crippen LogP contribution in [0.5, 0.6) is 0 Å². The summed E-state index contributed by atoms with van der Waals surface area (Å²) >= 11 is 0. The Kier molecular flexibility index (Phi) is 3.72. The Hall–Kier alpha value is -0.570. The van der Waals surface area contributed by atoms with Gasteiger partial charge in [0.15, 0.2) is 0 Å². The van der Waals surface area contributed by atoms with Crippen molar-refractivity contribution in [2.45, 2.75) is 26.7 Å². The van der Waals surface area contributed by atoms with E-state index in [9.17, 15) is 4.79 Å². The van der Waals surface area contributed by atoms with Gasteiger partial charge in [-0.1, -0.05) is 13.8 Å². The van der Waals surface area contributed by atoms with Crippen molar-refractivity contribution in [3.05, 3.63) is 0 Å². The highest BCUT2D eigenvalue weighted by Crippen LogP contribution is 2.17. The van der Waals surface area contributed by atoms with Crippen molar-refractivity contribution in [1.82, 2.24) is 4.90 Å². The second-order valence-electron chi connectivity index (χ2n) is 4.33. The van der Waals surface area contributed by atoms with Crippen molar-refractivity contribution in [2.24, 2.45) is 17.6 Å². The first-order valence-corrected chi connectivity index (χ1v) is 5.11. The van der Waals surface area contributed by atoms with Crippen LogP contribution < -0.4 is 5.73 Å². The minimum Gasteiger partial charge on any atom is -0.342 e. The second-order valence-corrected chi connectivity index (χ2v) is 4.33. The molecular formula is C10H20N2O. The monoisotopic (exact) mass is 184 g/mol. The zero-order valence-electron chi connectivity index (χ0n) is 8.62. The number of nitrogens with zero attached hydrogens (tertiary/aromatic N) is 1. The minimum atomic E-state index is 0.288. The highest BCUT2D eigenvalue weighted by atomic mass is 16.2. The van der Waals surface area contributed by atoms with Crippen LogP contribution >= 0.6 is 0 Å². The number of nitrogens with two attached hydrogens (primary N) is 1. The number of likely N-dealkylation sites (tertiary alicyclic amines) is 1. The van der Waals surface area contributed by atoms with Crippen LogP contribution in [-0.4, -0.2) is 30.4 Å².